The van der Waals surface area contributed by atoms with Gasteiger partial charge in [0.05, 0.1) is 33.1 Å². The largest absolute Gasteiger partial charge is 0.378 e. The number of hydrogen-bond donors (Lipinski definition) is 0. The maximum absolute atomic E-state index is 12.2. The van der Waals surface area contributed by atoms with Crippen molar-refractivity contribution < 1.29 is 14.5 Å². The highest BCUT2D eigenvalue weighted by atomic mass is 35.5. The van der Waals surface area contributed by atoms with Crippen LogP contribution in [0.15, 0.2) is 52.3 Å². The van der Waals surface area contributed by atoms with Crippen LogP contribution in [0.1, 0.15) is 5.56 Å². The second-order valence-electron chi connectivity index (χ2n) is 5.88. The summed E-state index contributed by atoms with van der Waals surface area (Å²) in [7, 11) is 0. The Balaban J connectivity index is 1.79. The molecule has 146 valence electrons. The van der Waals surface area contributed by atoms with E-state index in [1.54, 1.807) is 41.3 Å². The molecule has 1 heterocycles. The number of halogens is 2. The highest BCUT2D eigenvalue weighted by Crippen LogP contribution is 2.41. The van der Waals surface area contributed by atoms with Gasteiger partial charge in [-0.15, -0.1) is 0 Å². The van der Waals surface area contributed by atoms with E-state index in [4.69, 9.17) is 27.9 Å². The minimum atomic E-state index is -0.438. The molecule has 0 aromatic heterocycles. The number of rotatable bonds is 5. The van der Waals surface area contributed by atoms with Crippen LogP contribution in [0.2, 0.25) is 10.0 Å². The molecule has 6 nitrogen and oxygen atoms in total. The Morgan fingerprint density at radius 3 is 2.54 bits per heavy atom. The minimum Gasteiger partial charge on any atom is -0.378 e. The molecule has 0 radical (unpaired) electrons. The number of carbonyl (C=O) groups is 1. The lowest BCUT2D eigenvalue weighted by Crippen LogP contribution is -2.39. The number of para-hydroxylation sites is 1. The number of ether oxygens (including phenoxy) is 1. The molecule has 1 amide bonds. The Morgan fingerprint density at radius 1 is 1.11 bits per heavy atom. The first-order chi connectivity index (χ1) is 13.5. The first kappa shape index (κ1) is 20.7. The Bertz CT molecular complexity index is 930. The molecule has 1 aliphatic heterocycles. The SMILES string of the molecule is O=C(C=Cc1ccc(Sc2ccccc2[N+](=O)[O-])c(Cl)c1Cl)N1CCOCC1. The van der Waals surface area contributed by atoms with E-state index >= 15 is 0 Å². The highest BCUT2D eigenvalue weighted by Gasteiger charge is 2.17. The number of amides is 1. The summed E-state index contributed by atoms with van der Waals surface area (Å²) >= 11 is 13.9. The molecule has 0 bridgehead atoms. The molecule has 2 aromatic carbocycles. The van der Waals surface area contributed by atoms with Crippen LogP contribution < -0.4 is 0 Å². The zero-order valence-corrected chi connectivity index (χ0v) is 17.0. The molecule has 1 aliphatic rings. The Hall–Kier alpha value is -2.06. The van der Waals surface area contributed by atoms with Crippen molar-refractivity contribution in [1.29, 1.82) is 0 Å². The smallest absolute Gasteiger partial charge is 0.283 e. The van der Waals surface area contributed by atoms with Crippen molar-refractivity contribution in [3.8, 4) is 0 Å². The lowest BCUT2D eigenvalue weighted by molar-refractivity contribution is -0.387. The molecular weight excluding hydrogens is 423 g/mol. The summed E-state index contributed by atoms with van der Waals surface area (Å²) in [6.07, 6.45) is 3.07. The summed E-state index contributed by atoms with van der Waals surface area (Å²) in [5.74, 6) is -0.117. The lowest BCUT2D eigenvalue weighted by atomic mass is 10.2. The van der Waals surface area contributed by atoms with E-state index in [2.05, 4.69) is 0 Å². The highest BCUT2D eigenvalue weighted by molar-refractivity contribution is 7.99. The Labute approximate surface area is 176 Å². The topological polar surface area (TPSA) is 72.7 Å². The number of carbonyl (C=O) groups excluding carboxylic acids is 1. The summed E-state index contributed by atoms with van der Waals surface area (Å²) in [5.41, 5.74) is 0.597. The normalized spacial score (nSPS) is 14.4. The van der Waals surface area contributed by atoms with Gasteiger partial charge in [-0.25, -0.2) is 0 Å². The van der Waals surface area contributed by atoms with Gasteiger partial charge in [0.25, 0.3) is 5.69 Å². The van der Waals surface area contributed by atoms with Gasteiger partial charge in [0.15, 0.2) is 0 Å². The molecule has 0 spiro atoms. The monoisotopic (exact) mass is 438 g/mol. The van der Waals surface area contributed by atoms with E-state index in [9.17, 15) is 14.9 Å². The predicted octanol–water partition coefficient (Wildman–Crippen LogP) is 4.92. The van der Waals surface area contributed by atoms with Crippen molar-refractivity contribution >= 4 is 52.6 Å². The zero-order chi connectivity index (χ0) is 20.1. The third-order valence-electron chi connectivity index (χ3n) is 4.09. The van der Waals surface area contributed by atoms with E-state index in [1.165, 1.54) is 23.9 Å². The van der Waals surface area contributed by atoms with Gasteiger partial charge in [-0.2, -0.15) is 0 Å². The van der Waals surface area contributed by atoms with E-state index < -0.39 is 4.92 Å². The van der Waals surface area contributed by atoms with Crippen LogP contribution in [0.3, 0.4) is 0 Å². The number of morpholine rings is 1. The van der Waals surface area contributed by atoms with Crippen LogP contribution >= 0.6 is 35.0 Å². The fourth-order valence-electron chi connectivity index (χ4n) is 2.62. The zero-order valence-electron chi connectivity index (χ0n) is 14.6. The molecule has 3 rings (SSSR count). The van der Waals surface area contributed by atoms with Gasteiger partial charge in [-0.3, -0.25) is 14.9 Å². The standard InChI is InChI=1S/C19H16Cl2N2O4S/c20-18-13(6-8-17(24)22-9-11-27-12-10-22)5-7-16(19(18)21)28-15-4-2-1-3-14(15)23(25)26/h1-8H,9-12H2. The fourth-order valence-corrected chi connectivity index (χ4v) is 4.15. The van der Waals surface area contributed by atoms with Crippen molar-refractivity contribution in [1.82, 2.24) is 4.90 Å². The summed E-state index contributed by atoms with van der Waals surface area (Å²) < 4.78 is 5.23. The Kier molecular flexibility index (Phi) is 6.96. The second-order valence-corrected chi connectivity index (χ2v) is 7.72. The fraction of sp³-hybridized carbons (Fsp3) is 0.211. The number of hydrogen-bond acceptors (Lipinski definition) is 5. The number of benzene rings is 2. The summed E-state index contributed by atoms with van der Waals surface area (Å²) in [4.78, 5) is 25.7. The minimum absolute atomic E-state index is 0.000214. The molecular formula is C19H16Cl2N2O4S. The number of nitro benzene ring substituents is 1. The average molecular weight is 439 g/mol. The van der Waals surface area contributed by atoms with E-state index in [1.807, 2.05) is 0 Å². The van der Waals surface area contributed by atoms with Gasteiger partial charge in [0.2, 0.25) is 5.91 Å². The maximum Gasteiger partial charge on any atom is 0.283 e. The molecule has 1 fully saturated rings. The third kappa shape index (κ3) is 4.86. The quantitative estimate of drug-likeness (QED) is 0.376. The van der Waals surface area contributed by atoms with Gasteiger partial charge < -0.3 is 9.64 Å². The predicted molar refractivity (Wildman–Crippen MR) is 110 cm³/mol. The van der Waals surface area contributed by atoms with Gasteiger partial charge >= 0.3 is 0 Å². The molecule has 0 atom stereocenters. The molecule has 0 saturated carbocycles. The summed E-state index contributed by atoms with van der Waals surface area (Å²) in [5, 5.41) is 11.7. The first-order valence-corrected chi connectivity index (χ1v) is 9.98. The van der Waals surface area contributed by atoms with Crippen LogP contribution in [0.25, 0.3) is 6.08 Å². The molecule has 0 N–H and O–H groups in total. The van der Waals surface area contributed by atoms with Gasteiger partial charge in [0, 0.05) is 30.1 Å². The van der Waals surface area contributed by atoms with Crippen molar-refractivity contribution in [2.24, 2.45) is 0 Å². The van der Waals surface area contributed by atoms with E-state index in [-0.39, 0.29) is 21.6 Å². The van der Waals surface area contributed by atoms with Gasteiger partial charge in [-0.05, 0) is 23.8 Å². The van der Waals surface area contributed by atoms with E-state index in [0.717, 1.165) is 0 Å². The molecule has 9 heteroatoms. The average Bonchev–Trinajstić information content (AvgIpc) is 2.71. The maximum atomic E-state index is 12.2. The van der Waals surface area contributed by atoms with Gasteiger partial charge in [-0.1, -0.05) is 53.2 Å². The van der Waals surface area contributed by atoms with Crippen LogP contribution in [0.5, 0.6) is 0 Å². The molecule has 0 aliphatic carbocycles. The molecule has 28 heavy (non-hydrogen) atoms. The summed E-state index contributed by atoms with van der Waals surface area (Å²) in [6.45, 7) is 2.18. The number of nitrogens with zero attached hydrogens (tertiary/aromatic N) is 2. The van der Waals surface area contributed by atoms with Crippen LogP contribution in [-0.4, -0.2) is 42.0 Å². The molecule has 0 unspecified atom stereocenters. The van der Waals surface area contributed by atoms with Crippen molar-refractivity contribution in [3.63, 3.8) is 0 Å². The van der Waals surface area contributed by atoms with Crippen molar-refractivity contribution in [2.75, 3.05) is 26.3 Å². The van der Waals surface area contributed by atoms with Crippen LogP contribution in [0, 0.1) is 10.1 Å². The third-order valence-corrected chi connectivity index (χ3v) is 6.22. The Morgan fingerprint density at radius 2 is 1.82 bits per heavy atom. The van der Waals surface area contributed by atoms with Crippen molar-refractivity contribution in [3.05, 3.63) is 68.2 Å². The first-order valence-electron chi connectivity index (χ1n) is 8.41. The van der Waals surface area contributed by atoms with E-state index in [0.29, 0.717) is 41.7 Å². The summed E-state index contributed by atoms with van der Waals surface area (Å²) in [6, 6.07) is 9.88. The lowest BCUT2D eigenvalue weighted by Gasteiger charge is -2.25. The second kappa shape index (κ2) is 9.43. The number of nitro groups is 1. The molecule has 2 aromatic rings. The van der Waals surface area contributed by atoms with Gasteiger partial charge in [0.1, 0.15) is 0 Å². The van der Waals surface area contributed by atoms with Crippen LogP contribution in [-0.2, 0) is 9.53 Å². The molecule has 1 saturated heterocycles. The van der Waals surface area contributed by atoms with Crippen molar-refractivity contribution in [2.45, 2.75) is 9.79 Å². The van der Waals surface area contributed by atoms with Crippen LogP contribution in [0.4, 0.5) is 5.69 Å².